The van der Waals surface area contributed by atoms with Gasteiger partial charge < -0.3 is 9.42 Å². The van der Waals surface area contributed by atoms with E-state index in [2.05, 4.69) is 14.7 Å². The Hall–Kier alpha value is -2.38. The van der Waals surface area contributed by atoms with E-state index in [4.69, 9.17) is 0 Å². The summed E-state index contributed by atoms with van der Waals surface area (Å²) in [5.41, 5.74) is 0.718. The summed E-state index contributed by atoms with van der Waals surface area (Å²) in [5.74, 6) is -1.69. The van der Waals surface area contributed by atoms with Crippen LogP contribution in [0.2, 0.25) is 0 Å². The molecule has 0 spiro atoms. The molecule has 1 heterocycles. The van der Waals surface area contributed by atoms with Gasteiger partial charge in [-0.3, -0.25) is 4.79 Å². The van der Waals surface area contributed by atoms with Crippen LogP contribution in [0.25, 0.3) is 11.4 Å². The van der Waals surface area contributed by atoms with Crippen molar-refractivity contribution in [3.63, 3.8) is 0 Å². The predicted molar refractivity (Wildman–Crippen MR) is 74.5 cm³/mol. The maximum atomic E-state index is 12.4. The van der Waals surface area contributed by atoms with Gasteiger partial charge in [-0.05, 0) is 31.9 Å². The Bertz CT molecular complexity index is 733. The fourth-order valence-corrected chi connectivity index (χ4v) is 2.17. The molecule has 5 nitrogen and oxygen atoms in total. The molecule has 0 bridgehead atoms. The van der Waals surface area contributed by atoms with Crippen molar-refractivity contribution in [3.05, 3.63) is 35.7 Å². The number of aromatic nitrogens is 2. The second-order valence-corrected chi connectivity index (χ2v) is 5.86. The lowest BCUT2D eigenvalue weighted by molar-refractivity contribution is -0.159. The topological polar surface area (TPSA) is 59.2 Å². The molecule has 1 aromatic heterocycles. The van der Waals surface area contributed by atoms with E-state index in [1.807, 2.05) is 6.92 Å². The number of alkyl halides is 3. The van der Waals surface area contributed by atoms with Crippen molar-refractivity contribution < 1.29 is 22.5 Å². The first-order valence-corrected chi connectivity index (χ1v) is 7.00. The molecule has 1 saturated carbocycles. The fraction of sp³-hybridized carbons (Fsp3) is 0.400. The van der Waals surface area contributed by atoms with Crippen LogP contribution < -0.4 is 0 Å². The molecule has 1 amide bonds. The molecule has 0 radical (unpaired) electrons. The molecule has 0 unspecified atom stereocenters. The summed E-state index contributed by atoms with van der Waals surface area (Å²) in [5, 5.41) is 3.31. The third-order valence-corrected chi connectivity index (χ3v) is 4.15. The summed E-state index contributed by atoms with van der Waals surface area (Å²) >= 11 is 0. The van der Waals surface area contributed by atoms with Crippen LogP contribution in [0.5, 0.6) is 0 Å². The normalized spacial score (nSPS) is 16.2. The number of rotatable bonds is 3. The molecule has 23 heavy (non-hydrogen) atoms. The molecule has 0 N–H and O–H groups in total. The van der Waals surface area contributed by atoms with Gasteiger partial charge in [0.05, 0.1) is 0 Å². The zero-order valence-corrected chi connectivity index (χ0v) is 12.5. The van der Waals surface area contributed by atoms with E-state index in [-0.39, 0.29) is 17.3 Å². The van der Waals surface area contributed by atoms with Crippen molar-refractivity contribution in [2.75, 3.05) is 7.05 Å². The van der Waals surface area contributed by atoms with Crippen LogP contribution in [0.3, 0.4) is 0 Å². The lowest BCUT2D eigenvalue weighted by atomic mass is 10.1. The monoisotopic (exact) mass is 325 g/mol. The summed E-state index contributed by atoms with van der Waals surface area (Å²) in [6.07, 6.45) is -2.74. The van der Waals surface area contributed by atoms with Crippen LogP contribution in [-0.2, 0) is 6.18 Å². The third kappa shape index (κ3) is 2.93. The van der Waals surface area contributed by atoms with Gasteiger partial charge in [-0.25, -0.2) is 0 Å². The first kappa shape index (κ1) is 15.5. The van der Waals surface area contributed by atoms with Crippen molar-refractivity contribution in [2.24, 2.45) is 0 Å². The van der Waals surface area contributed by atoms with Crippen molar-refractivity contribution >= 4 is 5.91 Å². The Kier molecular flexibility index (Phi) is 3.42. The molecule has 1 aliphatic rings. The predicted octanol–water partition coefficient (Wildman–Crippen LogP) is 3.38. The molecule has 8 heteroatoms. The first-order chi connectivity index (χ1) is 10.7. The van der Waals surface area contributed by atoms with Gasteiger partial charge in [0.1, 0.15) is 0 Å². The highest BCUT2D eigenvalue weighted by molar-refractivity contribution is 5.95. The van der Waals surface area contributed by atoms with Gasteiger partial charge in [0, 0.05) is 23.7 Å². The maximum Gasteiger partial charge on any atom is 0.471 e. The molecule has 1 fully saturated rings. The van der Waals surface area contributed by atoms with E-state index < -0.39 is 12.1 Å². The molecular weight excluding hydrogens is 311 g/mol. The summed E-state index contributed by atoms with van der Waals surface area (Å²) in [6, 6.07) is 6.09. The Balaban J connectivity index is 1.79. The Morgan fingerprint density at radius 2 is 1.87 bits per heavy atom. The van der Waals surface area contributed by atoms with E-state index in [0.717, 1.165) is 12.8 Å². The Labute approximate surface area is 130 Å². The van der Waals surface area contributed by atoms with Crippen LogP contribution >= 0.6 is 0 Å². The lowest BCUT2D eigenvalue weighted by Crippen LogP contribution is -2.36. The number of hydrogen-bond donors (Lipinski definition) is 0. The van der Waals surface area contributed by atoms with Crippen LogP contribution in [0.4, 0.5) is 13.2 Å². The van der Waals surface area contributed by atoms with Gasteiger partial charge in [-0.15, -0.1) is 0 Å². The number of carbonyl (C=O) groups is 1. The van der Waals surface area contributed by atoms with Crippen molar-refractivity contribution in [2.45, 2.75) is 31.5 Å². The number of benzene rings is 1. The highest BCUT2D eigenvalue weighted by atomic mass is 19.4. The SMILES string of the molecule is CN(C(=O)c1ccc(-c2noc(C(F)(F)F)n2)cc1)C1(C)CC1. The summed E-state index contributed by atoms with van der Waals surface area (Å²) < 4.78 is 41.5. The number of hydrogen-bond acceptors (Lipinski definition) is 4. The molecule has 3 rings (SSSR count). The van der Waals surface area contributed by atoms with Crippen molar-refractivity contribution in [1.29, 1.82) is 0 Å². The molecule has 1 aliphatic carbocycles. The minimum atomic E-state index is -4.68. The van der Waals surface area contributed by atoms with E-state index in [1.165, 1.54) is 12.1 Å². The number of amides is 1. The van der Waals surface area contributed by atoms with Gasteiger partial charge >= 0.3 is 12.1 Å². The molecule has 122 valence electrons. The molecule has 0 saturated heterocycles. The van der Waals surface area contributed by atoms with Gasteiger partial charge in [0.15, 0.2) is 0 Å². The van der Waals surface area contributed by atoms with Gasteiger partial charge in [-0.2, -0.15) is 18.2 Å². The smallest absolute Gasteiger partial charge is 0.336 e. The number of nitrogens with zero attached hydrogens (tertiary/aromatic N) is 3. The molecule has 0 atom stereocenters. The van der Waals surface area contributed by atoms with Gasteiger partial charge in [0.25, 0.3) is 5.91 Å². The summed E-state index contributed by atoms with van der Waals surface area (Å²) in [4.78, 5) is 17.3. The minimum absolute atomic E-state index is 0.0922. The Morgan fingerprint density at radius 3 is 2.35 bits per heavy atom. The fourth-order valence-electron chi connectivity index (χ4n) is 2.17. The molecule has 2 aromatic rings. The summed E-state index contributed by atoms with van der Waals surface area (Å²) in [6.45, 7) is 2.01. The van der Waals surface area contributed by atoms with Crippen LogP contribution in [0.15, 0.2) is 28.8 Å². The lowest BCUT2D eigenvalue weighted by Gasteiger charge is -2.24. The van der Waals surface area contributed by atoms with Crippen LogP contribution in [0.1, 0.15) is 36.0 Å². The van der Waals surface area contributed by atoms with Crippen molar-refractivity contribution in [1.82, 2.24) is 15.0 Å². The highest BCUT2D eigenvalue weighted by Crippen LogP contribution is 2.40. The zero-order chi connectivity index (χ0) is 16.8. The van der Waals surface area contributed by atoms with E-state index in [0.29, 0.717) is 11.1 Å². The standard InChI is InChI=1S/C15H14F3N3O2/c1-14(7-8-14)21(2)12(22)10-5-3-9(4-6-10)11-19-13(23-20-11)15(16,17)18/h3-6H,7-8H2,1-2H3. The molecule has 1 aromatic carbocycles. The minimum Gasteiger partial charge on any atom is -0.336 e. The van der Waals surface area contributed by atoms with E-state index in [1.54, 1.807) is 24.1 Å². The van der Waals surface area contributed by atoms with Crippen LogP contribution in [0, 0.1) is 0 Å². The van der Waals surface area contributed by atoms with Gasteiger partial charge in [0.2, 0.25) is 5.82 Å². The summed E-state index contributed by atoms with van der Waals surface area (Å²) in [7, 11) is 1.75. The average Bonchev–Trinajstić information content (AvgIpc) is 3.06. The third-order valence-electron chi connectivity index (χ3n) is 4.15. The molecular formula is C15H14F3N3O2. The zero-order valence-electron chi connectivity index (χ0n) is 12.5. The number of halogens is 3. The van der Waals surface area contributed by atoms with Gasteiger partial charge in [-0.1, -0.05) is 17.3 Å². The van der Waals surface area contributed by atoms with Crippen LogP contribution in [-0.4, -0.2) is 33.5 Å². The Morgan fingerprint density at radius 1 is 1.26 bits per heavy atom. The highest BCUT2D eigenvalue weighted by Gasteiger charge is 2.43. The first-order valence-electron chi connectivity index (χ1n) is 7.00. The van der Waals surface area contributed by atoms with E-state index >= 15 is 0 Å². The quantitative estimate of drug-likeness (QED) is 0.868. The number of carbonyl (C=O) groups excluding carboxylic acids is 1. The van der Waals surface area contributed by atoms with E-state index in [9.17, 15) is 18.0 Å². The second-order valence-electron chi connectivity index (χ2n) is 5.86. The maximum absolute atomic E-state index is 12.4. The average molecular weight is 325 g/mol. The second kappa shape index (κ2) is 5.07. The molecule has 0 aliphatic heterocycles. The van der Waals surface area contributed by atoms with Crippen molar-refractivity contribution in [3.8, 4) is 11.4 Å². The largest absolute Gasteiger partial charge is 0.471 e.